The Kier molecular flexibility index (Phi) is 8.25. The average molecular weight is 461 g/mol. The summed E-state index contributed by atoms with van der Waals surface area (Å²) < 4.78 is 39.3. The van der Waals surface area contributed by atoms with Gasteiger partial charge in [0.25, 0.3) is 16.0 Å². The molecule has 172 valence electrons. The highest BCUT2D eigenvalue weighted by Crippen LogP contribution is 2.31. The van der Waals surface area contributed by atoms with E-state index in [-0.39, 0.29) is 12.6 Å². The normalized spacial score (nSPS) is 13.5. The number of hydrogen-bond acceptors (Lipinski definition) is 7. The summed E-state index contributed by atoms with van der Waals surface area (Å²) in [5.74, 6) is 0.152. The average Bonchev–Trinajstić information content (AvgIpc) is 2.75. The molecule has 2 aromatic rings. The van der Waals surface area contributed by atoms with Gasteiger partial charge in [0.2, 0.25) is 0 Å². The number of rotatable bonds is 10. The molecule has 0 bridgehead atoms. The first-order valence-corrected chi connectivity index (χ1v) is 11.7. The summed E-state index contributed by atoms with van der Waals surface area (Å²) in [6.07, 6.45) is -0.157. The van der Waals surface area contributed by atoms with Gasteiger partial charge in [-0.25, -0.2) is 0 Å². The maximum Gasteiger partial charge on any atom is 0.264 e. The van der Waals surface area contributed by atoms with E-state index in [4.69, 9.17) is 13.7 Å². The van der Waals surface area contributed by atoms with Crippen molar-refractivity contribution in [2.24, 2.45) is 5.41 Å². The number of carbonyl (C=O) groups is 1. The molecule has 2 aromatic carbocycles. The van der Waals surface area contributed by atoms with Crippen LogP contribution in [0.25, 0.3) is 0 Å². The van der Waals surface area contributed by atoms with Crippen molar-refractivity contribution in [3.8, 4) is 17.6 Å². The predicted octanol–water partition coefficient (Wildman–Crippen LogP) is 3.19. The zero-order chi connectivity index (χ0) is 23.9. The van der Waals surface area contributed by atoms with Crippen molar-refractivity contribution in [1.82, 2.24) is 5.32 Å². The molecular formula is C23H28N2O6S. The highest BCUT2D eigenvalue weighted by atomic mass is 32.2. The van der Waals surface area contributed by atoms with Crippen molar-refractivity contribution in [3.05, 3.63) is 59.7 Å². The first kappa shape index (κ1) is 25.2. The van der Waals surface area contributed by atoms with Crippen molar-refractivity contribution >= 4 is 16.0 Å². The second-order valence-electron chi connectivity index (χ2n) is 8.07. The maximum atomic E-state index is 13.3. The third kappa shape index (κ3) is 6.97. The Labute approximate surface area is 189 Å². The van der Waals surface area contributed by atoms with Crippen molar-refractivity contribution in [2.45, 2.75) is 32.9 Å². The first-order chi connectivity index (χ1) is 15.0. The van der Waals surface area contributed by atoms with Gasteiger partial charge >= 0.3 is 0 Å². The Bertz CT molecular complexity index is 1080. The number of ether oxygens (including phenoxy) is 2. The summed E-state index contributed by atoms with van der Waals surface area (Å²) in [5.41, 5.74) is 0.202. The molecule has 0 heterocycles. The number of benzene rings is 2. The number of methoxy groups -OCH3 is 1. The second-order valence-corrected chi connectivity index (χ2v) is 9.71. The third-order valence-electron chi connectivity index (χ3n) is 4.80. The molecule has 0 saturated carbocycles. The quantitative estimate of drug-likeness (QED) is 0.542. The van der Waals surface area contributed by atoms with E-state index in [2.05, 4.69) is 5.32 Å². The Balaban J connectivity index is 2.33. The van der Waals surface area contributed by atoms with E-state index in [9.17, 15) is 18.5 Å². The molecule has 1 N–H and O–H groups in total. The van der Waals surface area contributed by atoms with Gasteiger partial charge < -0.3 is 14.8 Å². The van der Waals surface area contributed by atoms with E-state index < -0.39 is 27.5 Å². The molecule has 0 fully saturated rings. The number of amides is 1. The topological polar surface area (TPSA) is 115 Å². The van der Waals surface area contributed by atoms with E-state index in [1.807, 2.05) is 43.3 Å². The van der Waals surface area contributed by atoms with Gasteiger partial charge in [-0.3, -0.25) is 8.98 Å². The van der Waals surface area contributed by atoms with Gasteiger partial charge in [0.15, 0.2) is 6.10 Å². The zero-order valence-electron chi connectivity index (χ0n) is 18.8. The highest BCUT2D eigenvalue weighted by molar-refractivity contribution is 7.85. The summed E-state index contributed by atoms with van der Waals surface area (Å²) in [5, 5.41) is 12.1. The van der Waals surface area contributed by atoms with Crippen LogP contribution in [-0.2, 0) is 19.1 Å². The molecule has 1 amide bonds. The fourth-order valence-electron chi connectivity index (χ4n) is 2.99. The first-order valence-electron chi connectivity index (χ1n) is 9.91. The van der Waals surface area contributed by atoms with Crippen LogP contribution in [0.3, 0.4) is 0 Å². The van der Waals surface area contributed by atoms with Gasteiger partial charge in [0.1, 0.15) is 17.6 Å². The standard InChI is InChI=1S/C23H28N2O6S/c1-16(17-9-7-6-8-10-17)25-22(26)21(23(2,3)15-30-32(5,27)28)31-19-12-11-18(14-24)20(13-19)29-4/h6-13,16,21H,15H2,1-5H3,(H,25,26). The Hall–Kier alpha value is -3.09. The van der Waals surface area contributed by atoms with Crippen LogP contribution in [0.1, 0.15) is 37.9 Å². The lowest BCUT2D eigenvalue weighted by Crippen LogP contribution is -2.50. The van der Waals surface area contributed by atoms with Crippen molar-refractivity contribution < 1.29 is 26.9 Å². The minimum absolute atomic E-state index is 0.267. The molecule has 32 heavy (non-hydrogen) atoms. The molecule has 0 aliphatic heterocycles. The van der Waals surface area contributed by atoms with Gasteiger partial charge in [-0.05, 0) is 24.6 Å². The van der Waals surface area contributed by atoms with Gasteiger partial charge in [0, 0.05) is 11.5 Å². The van der Waals surface area contributed by atoms with Gasteiger partial charge in [0.05, 0.1) is 31.6 Å². The third-order valence-corrected chi connectivity index (χ3v) is 5.34. The number of carbonyl (C=O) groups excluding carboxylic acids is 1. The molecule has 0 aliphatic rings. The van der Waals surface area contributed by atoms with E-state index in [0.717, 1.165) is 11.8 Å². The summed E-state index contributed by atoms with van der Waals surface area (Å²) >= 11 is 0. The lowest BCUT2D eigenvalue weighted by molar-refractivity contribution is -0.135. The van der Waals surface area contributed by atoms with Crippen molar-refractivity contribution in [1.29, 1.82) is 5.26 Å². The molecular weight excluding hydrogens is 432 g/mol. The van der Waals surface area contributed by atoms with Crippen LogP contribution in [0.4, 0.5) is 0 Å². The Morgan fingerprint density at radius 1 is 1.19 bits per heavy atom. The van der Waals surface area contributed by atoms with E-state index in [1.165, 1.54) is 19.2 Å². The lowest BCUT2D eigenvalue weighted by atomic mass is 9.86. The minimum Gasteiger partial charge on any atom is -0.495 e. The van der Waals surface area contributed by atoms with E-state index >= 15 is 0 Å². The molecule has 2 rings (SSSR count). The monoisotopic (exact) mass is 460 g/mol. The SMILES string of the molecule is COc1cc(OC(C(=O)NC(C)c2ccccc2)C(C)(C)COS(C)(=O)=O)ccc1C#N. The fraction of sp³-hybridized carbons (Fsp3) is 0.391. The Morgan fingerprint density at radius 2 is 1.84 bits per heavy atom. The van der Waals surface area contributed by atoms with Gasteiger partial charge in [-0.2, -0.15) is 13.7 Å². The molecule has 0 spiro atoms. The van der Waals surface area contributed by atoms with Crippen molar-refractivity contribution in [3.63, 3.8) is 0 Å². The van der Waals surface area contributed by atoms with Crippen LogP contribution in [0.2, 0.25) is 0 Å². The molecule has 2 unspecified atom stereocenters. The molecule has 0 radical (unpaired) electrons. The van der Waals surface area contributed by atoms with Crippen LogP contribution >= 0.6 is 0 Å². The molecule has 0 saturated heterocycles. The van der Waals surface area contributed by atoms with Crippen LogP contribution in [0.15, 0.2) is 48.5 Å². The van der Waals surface area contributed by atoms with Crippen LogP contribution in [-0.4, -0.2) is 40.4 Å². The number of hydrogen-bond donors (Lipinski definition) is 1. The maximum absolute atomic E-state index is 13.3. The van der Waals surface area contributed by atoms with Gasteiger partial charge in [-0.1, -0.05) is 44.2 Å². The molecule has 9 heteroatoms. The van der Waals surface area contributed by atoms with Crippen LogP contribution in [0, 0.1) is 16.7 Å². The van der Waals surface area contributed by atoms with E-state index in [0.29, 0.717) is 17.1 Å². The summed E-state index contributed by atoms with van der Waals surface area (Å²) in [6, 6.07) is 15.7. The smallest absolute Gasteiger partial charge is 0.264 e. The summed E-state index contributed by atoms with van der Waals surface area (Å²) in [6.45, 7) is 4.93. The number of nitrogens with one attached hydrogen (secondary N) is 1. The molecule has 8 nitrogen and oxygen atoms in total. The van der Waals surface area contributed by atoms with E-state index in [1.54, 1.807) is 19.9 Å². The fourth-order valence-corrected chi connectivity index (χ4v) is 3.51. The largest absolute Gasteiger partial charge is 0.495 e. The molecule has 2 atom stereocenters. The minimum atomic E-state index is -3.72. The Morgan fingerprint density at radius 3 is 2.41 bits per heavy atom. The second kappa shape index (κ2) is 10.5. The summed E-state index contributed by atoms with van der Waals surface area (Å²) in [4.78, 5) is 13.3. The van der Waals surface area contributed by atoms with Crippen LogP contribution in [0.5, 0.6) is 11.5 Å². The lowest BCUT2D eigenvalue weighted by Gasteiger charge is -2.33. The zero-order valence-corrected chi connectivity index (χ0v) is 19.6. The molecule has 0 aromatic heterocycles. The number of nitriles is 1. The number of nitrogens with zero attached hydrogens (tertiary/aromatic N) is 1. The highest BCUT2D eigenvalue weighted by Gasteiger charge is 2.39. The summed E-state index contributed by atoms with van der Waals surface area (Å²) in [7, 11) is -2.29. The molecule has 0 aliphatic carbocycles. The van der Waals surface area contributed by atoms with Crippen LogP contribution < -0.4 is 14.8 Å². The predicted molar refractivity (Wildman–Crippen MR) is 120 cm³/mol. The van der Waals surface area contributed by atoms with Gasteiger partial charge in [-0.15, -0.1) is 0 Å². The van der Waals surface area contributed by atoms with Crippen molar-refractivity contribution in [2.75, 3.05) is 20.0 Å².